The molecule has 0 radical (unpaired) electrons. The number of carbonyl (C=O) groups is 1. The molecule has 2 nitrogen and oxygen atoms in total. The number of hydrogen-bond donors (Lipinski definition) is 0. The highest BCUT2D eigenvalue weighted by Gasteiger charge is 2.95. The van der Waals surface area contributed by atoms with E-state index in [1.54, 1.807) is 0 Å². The first-order valence-electron chi connectivity index (χ1n) is 7.63. The Morgan fingerprint density at radius 1 is 0.667 bits per heavy atom. The monoisotopic (exact) mass is 532 g/mol. The van der Waals surface area contributed by atoms with Gasteiger partial charge in [0.25, 0.3) is 0 Å². The Morgan fingerprint density at radius 2 is 0.970 bits per heavy atom. The van der Waals surface area contributed by atoms with Crippen LogP contribution in [0.2, 0.25) is 0 Å². The molecule has 0 bridgehead atoms. The van der Waals surface area contributed by atoms with Crippen LogP contribution in [-0.2, 0) is 9.53 Å². The smallest absolute Gasteiger partial charge is 0.460 e. The minimum atomic E-state index is -8.68. The van der Waals surface area contributed by atoms with Crippen molar-refractivity contribution in [2.75, 3.05) is 6.61 Å². The quantitative estimate of drug-likeness (QED) is 0.186. The van der Waals surface area contributed by atoms with Gasteiger partial charge in [-0.3, -0.25) is 0 Å². The Balaban J connectivity index is 6.58. The van der Waals surface area contributed by atoms with E-state index in [0.29, 0.717) is 0 Å². The van der Waals surface area contributed by atoms with Crippen LogP contribution in [0.25, 0.3) is 0 Å². The van der Waals surface area contributed by atoms with E-state index in [2.05, 4.69) is 11.3 Å². The molecule has 0 N–H and O–H groups in total. The third kappa shape index (κ3) is 4.30. The Hall–Kier alpha value is -1.98. The van der Waals surface area contributed by atoms with Crippen LogP contribution in [0.1, 0.15) is 6.92 Å². The van der Waals surface area contributed by atoms with Gasteiger partial charge in [-0.05, 0) is 0 Å². The molecular weight excluding hydrogens is 523 g/mol. The fourth-order valence-electron chi connectivity index (χ4n) is 1.86. The zero-order chi connectivity index (χ0) is 27.3. The average molecular weight is 532 g/mol. The van der Waals surface area contributed by atoms with Crippen molar-refractivity contribution in [2.24, 2.45) is 5.92 Å². The summed E-state index contributed by atoms with van der Waals surface area (Å²) in [6.07, 6.45) is -7.60. The maximum atomic E-state index is 13.7. The van der Waals surface area contributed by atoms with Gasteiger partial charge >= 0.3 is 53.6 Å². The van der Waals surface area contributed by atoms with Crippen LogP contribution in [0.5, 0.6) is 0 Å². The summed E-state index contributed by atoms with van der Waals surface area (Å²) in [5, 5.41) is 0. The number of alkyl halides is 17. The largest absolute Gasteiger partial charge is 0.462 e. The molecule has 0 aliphatic rings. The minimum absolute atomic E-state index is 0.204. The van der Waals surface area contributed by atoms with Crippen molar-refractivity contribution in [3.8, 4) is 0 Å². The topological polar surface area (TPSA) is 26.3 Å². The van der Waals surface area contributed by atoms with Gasteiger partial charge in [-0.1, -0.05) is 13.5 Å². The normalized spacial score (nSPS) is 16.4. The van der Waals surface area contributed by atoms with Gasteiger partial charge in [0.15, 0.2) is 0 Å². The Bertz CT molecular complexity index is 736. The first-order chi connectivity index (χ1) is 14.1. The molecule has 0 saturated carbocycles. The van der Waals surface area contributed by atoms with Gasteiger partial charge in [0, 0.05) is 6.08 Å². The molecule has 0 fully saturated rings. The predicted molar refractivity (Wildman–Crippen MR) is 71.0 cm³/mol. The van der Waals surface area contributed by atoms with E-state index in [9.17, 15) is 79.4 Å². The molecular formula is C14H9F17O2. The minimum Gasteiger partial charge on any atom is -0.462 e. The molecule has 0 heterocycles. The molecule has 1 atom stereocenters. The van der Waals surface area contributed by atoms with Gasteiger partial charge in [0.05, 0.1) is 5.92 Å². The van der Waals surface area contributed by atoms with Crippen LogP contribution in [-0.4, -0.2) is 60.2 Å². The van der Waals surface area contributed by atoms with Gasteiger partial charge < -0.3 is 4.74 Å². The third-order valence-electron chi connectivity index (χ3n) is 4.01. The van der Waals surface area contributed by atoms with Gasteiger partial charge in [0.2, 0.25) is 0 Å². The van der Waals surface area contributed by atoms with Crippen molar-refractivity contribution >= 4 is 5.97 Å². The molecule has 0 spiro atoms. The number of rotatable bonds is 10. The highest BCUT2D eigenvalue weighted by molar-refractivity contribution is 5.81. The molecule has 0 aromatic heterocycles. The molecule has 0 saturated heterocycles. The Labute approximate surface area is 171 Å². The predicted octanol–water partition coefficient (Wildman–Crippen LogP) is 6.36. The van der Waals surface area contributed by atoms with E-state index < -0.39 is 66.1 Å². The summed E-state index contributed by atoms with van der Waals surface area (Å²) in [4.78, 5) is 10.7. The number of esters is 1. The summed E-state index contributed by atoms with van der Waals surface area (Å²) in [7, 11) is 0. The molecule has 0 aromatic rings. The van der Waals surface area contributed by atoms with Crippen LogP contribution in [0.4, 0.5) is 74.6 Å². The number of halogens is 17. The molecule has 0 aliphatic heterocycles. The van der Waals surface area contributed by atoms with Crippen molar-refractivity contribution in [1.29, 1.82) is 0 Å². The molecule has 1 unspecified atom stereocenters. The first kappa shape index (κ1) is 31.0. The van der Waals surface area contributed by atoms with E-state index in [1.807, 2.05) is 0 Å². The highest BCUT2D eigenvalue weighted by atomic mass is 19.4. The molecule has 19 heteroatoms. The van der Waals surface area contributed by atoms with E-state index in [1.165, 1.54) is 0 Å². The molecule has 0 rings (SSSR count). The third-order valence-corrected chi connectivity index (χ3v) is 4.01. The second kappa shape index (κ2) is 8.35. The molecule has 196 valence electrons. The van der Waals surface area contributed by atoms with Crippen LogP contribution < -0.4 is 0 Å². The molecule has 33 heavy (non-hydrogen) atoms. The lowest BCUT2D eigenvalue weighted by Crippen LogP contribution is -2.75. The zero-order valence-electron chi connectivity index (χ0n) is 15.3. The maximum absolute atomic E-state index is 13.7. The number of ether oxygens (including phenoxy) is 1. The first-order valence-corrected chi connectivity index (χ1v) is 7.63. The van der Waals surface area contributed by atoms with Crippen molar-refractivity contribution in [3.63, 3.8) is 0 Å². The summed E-state index contributed by atoms with van der Waals surface area (Å²) < 4.78 is 226. The van der Waals surface area contributed by atoms with E-state index >= 15 is 0 Å². The van der Waals surface area contributed by atoms with Gasteiger partial charge in [0.1, 0.15) is 6.61 Å². The van der Waals surface area contributed by atoms with Gasteiger partial charge in [-0.2, -0.15) is 74.6 Å². The number of hydrogen-bond acceptors (Lipinski definition) is 2. The lowest BCUT2D eigenvalue weighted by molar-refractivity contribution is -0.463. The van der Waals surface area contributed by atoms with E-state index in [-0.39, 0.29) is 13.0 Å². The fraction of sp³-hybridized carbons (Fsp3) is 0.786. The van der Waals surface area contributed by atoms with E-state index in [4.69, 9.17) is 0 Å². The summed E-state index contributed by atoms with van der Waals surface area (Å²) >= 11 is 0. The number of carbonyl (C=O) groups excluding carboxylic acids is 1. The summed E-state index contributed by atoms with van der Waals surface area (Å²) in [5.74, 6) is -62.0. The second-order valence-electron chi connectivity index (χ2n) is 6.30. The Kier molecular flexibility index (Phi) is 7.85. The zero-order valence-corrected chi connectivity index (χ0v) is 15.3. The molecule has 0 aromatic carbocycles. The summed E-state index contributed by atoms with van der Waals surface area (Å²) in [6.45, 7) is 0.472. The fourth-order valence-corrected chi connectivity index (χ4v) is 1.86. The SMILES string of the molecule is C=CC(=O)OCC(C)C(F)(F)C(F)(F)C(F)(F)C(F)(F)C(F)(F)C(F)(F)C(F)(F)C(F)(F)F. The summed E-state index contributed by atoms with van der Waals surface area (Å²) in [5.41, 5.74) is 0. The van der Waals surface area contributed by atoms with Crippen molar-refractivity contribution < 1.29 is 84.2 Å². The van der Waals surface area contributed by atoms with Crippen molar-refractivity contribution in [2.45, 2.75) is 54.6 Å². The van der Waals surface area contributed by atoms with Crippen LogP contribution in [0.3, 0.4) is 0 Å². The highest BCUT2D eigenvalue weighted by Crippen LogP contribution is 2.64. The van der Waals surface area contributed by atoms with Crippen LogP contribution in [0, 0.1) is 5.92 Å². The van der Waals surface area contributed by atoms with Crippen LogP contribution in [0.15, 0.2) is 12.7 Å². The van der Waals surface area contributed by atoms with E-state index in [0.717, 1.165) is 0 Å². The lowest BCUT2D eigenvalue weighted by atomic mass is 9.86. The van der Waals surface area contributed by atoms with Crippen molar-refractivity contribution in [3.05, 3.63) is 12.7 Å². The Morgan fingerprint density at radius 3 is 1.27 bits per heavy atom. The molecule has 0 aliphatic carbocycles. The van der Waals surface area contributed by atoms with Crippen molar-refractivity contribution in [1.82, 2.24) is 0 Å². The van der Waals surface area contributed by atoms with Gasteiger partial charge in [-0.25, -0.2) is 4.79 Å². The average Bonchev–Trinajstić information content (AvgIpc) is 2.63. The molecule has 0 amide bonds. The lowest BCUT2D eigenvalue weighted by Gasteiger charge is -2.43. The standard InChI is InChI=1S/C14H9F17O2/c1-3-6(32)33-4-5(2)7(15,16)8(17,18)9(19,20)10(21,22)11(23,24)12(25,26)13(27,28)14(29,30)31/h3,5H,1,4H2,2H3. The second-order valence-corrected chi connectivity index (χ2v) is 6.30. The summed E-state index contributed by atoms with van der Waals surface area (Å²) in [6, 6.07) is 0. The van der Waals surface area contributed by atoms with Crippen LogP contribution >= 0.6 is 0 Å². The maximum Gasteiger partial charge on any atom is 0.460 e. The van der Waals surface area contributed by atoms with Gasteiger partial charge in [-0.15, -0.1) is 0 Å².